The van der Waals surface area contributed by atoms with Gasteiger partial charge in [-0.1, -0.05) is 25.7 Å². The van der Waals surface area contributed by atoms with Crippen molar-refractivity contribution in [3.05, 3.63) is 29.3 Å². The van der Waals surface area contributed by atoms with Gasteiger partial charge in [0.2, 0.25) is 5.91 Å². The molecule has 0 unspecified atom stereocenters. The summed E-state index contributed by atoms with van der Waals surface area (Å²) in [6.45, 7) is 3.62. The molecular weight excluding hydrogens is 304 g/mol. The van der Waals surface area contributed by atoms with Gasteiger partial charge in [0, 0.05) is 23.2 Å². The number of nitrogens with two attached hydrogens (primary N) is 1. The normalized spacial score (nSPS) is 10.5. The van der Waals surface area contributed by atoms with E-state index >= 15 is 0 Å². The van der Waals surface area contributed by atoms with Crippen molar-refractivity contribution in [3.8, 4) is 0 Å². The lowest BCUT2D eigenvalue weighted by molar-refractivity contribution is -0.116. The minimum absolute atomic E-state index is 0.0906. The van der Waals surface area contributed by atoms with Crippen molar-refractivity contribution in [1.29, 1.82) is 0 Å². The molecular formula is C19H28N2O3. The van der Waals surface area contributed by atoms with Crippen LogP contribution in [-0.2, 0) is 4.79 Å². The second-order valence-corrected chi connectivity index (χ2v) is 6.12. The fourth-order valence-corrected chi connectivity index (χ4v) is 2.47. The number of amides is 1. The van der Waals surface area contributed by atoms with Crippen LogP contribution in [0.15, 0.2) is 18.2 Å². The van der Waals surface area contributed by atoms with E-state index in [9.17, 15) is 14.4 Å². The van der Waals surface area contributed by atoms with Gasteiger partial charge in [-0.05, 0) is 51.4 Å². The van der Waals surface area contributed by atoms with Crippen LogP contribution in [0.5, 0.6) is 0 Å². The molecule has 0 heterocycles. The molecule has 5 nitrogen and oxygen atoms in total. The van der Waals surface area contributed by atoms with Gasteiger partial charge in [-0.25, -0.2) is 0 Å². The van der Waals surface area contributed by atoms with Crippen LogP contribution in [-0.4, -0.2) is 24.0 Å². The molecule has 0 aliphatic carbocycles. The maximum Gasteiger partial charge on any atom is 0.224 e. The van der Waals surface area contributed by atoms with E-state index in [-0.39, 0.29) is 17.5 Å². The van der Waals surface area contributed by atoms with Gasteiger partial charge in [-0.2, -0.15) is 0 Å². The van der Waals surface area contributed by atoms with Crippen molar-refractivity contribution in [2.45, 2.75) is 58.8 Å². The molecule has 1 amide bonds. The zero-order valence-corrected chi connectivity index (χ0v) is 14.7. The predicted octanol–water partition coefficient (Wildman–Crippen LogP) is 3.72. The van der Waals surface area contributed by atoms with Crippen molar-refractivity contribution >= 4 is 23.2 Å². The van der Waals surface area contributed by atoms with Crippen LogP contribution in [0.4, 0.5) is 5.69 Å². The molecule has 0 aliphatic heterocycles. The van der Waals surface area contributed by atoms with Crippen LogP contribution < -0.4 is 11.1 Å². The Hall–Kier alpha value is -2.01. The molecule has 0 saturated heterocycles. The SMILES string of the molecule is CC(=O)c1cc(NC(=O)CCCCCCCCN)cc(C(C)=O)c1. The maximum absolute atomic E-state index is 12.0. The predicted molar refractivity (Wildman–Crippen MR) is 96.5 cm³/mol. The number of unbranched alkanes of at least 4 members (excludes halogenated alkanes) is 5. The quantitative estimate of drug-likeness (QED) is 0.477. The first-order valence-corrected chi connectivity index (χ1v) is 8.61. The van der Waals surface area contributed by atoms with E-state index in [2.05, 4.69) is 5.32 Å². The molecule has 0 spiro atoms. The Bertz CT molecular complexity index is 550. The van der Waals surface area contributed by atoms with Crippen LogP contribution in [0.2, 0.25) is 0 Å². The number of nitrogens with one attached hydrogen (secondary N) is 1. The Kier molecular flexibility index (Phi) is 8.94. The second-order valence-electron chi connectivity index (χ2n) is 6.12. The third-order valence-electron chi connectivity index (χ3n) is 3.89. The van der Waals surface area contributed by atoms with Gasteiger partial charge in [0.15, 0.2) is 11.6 Å². The first-order chi connectivity index (χ1) is 11.4. The first-order valence-electron chi connectivity index (χ1n) is 8.61. The van der Waals surface area contributed by atoms with Crippen LogP contribution in [0.25, 0.3) is 0 Å². The Morgan fingerprint density at radius 3 is 1.83 bits per heavy atom. The Labute approximate surface area is 144 Å². The molecule has 0 bridgehead atoms. The number of hydrogen-bond donors (Lipinski definition) is 2. The van der Waals surface area contributed by atoms with E-state index in [1.807, 2.05) is 0 Å². The first kappa shape index (κ1) is 20.0. The highest BCUT2D eigenvalue weighted by molar-refractivity contribution is 6.02. The summed E-state index contributed by atoms with van der Waals surface area (Å²) >= 11 is 0. The number of carbonyl (C=O) groups is 3. The van der Waals surface area contributed by atoms with Crippen molar-refractivity contribution in [2.75, 3.05) is 11.9 Å². The van der Waals surface area contributed by atoms with Gasteiger partial charge >= 0.3 is 0 Å². The summed E-state index contributed by atoms with van der Waals surface area (Å²) in [7, 11) is 0. The van der Waals surface area contributed by atoms with Gasteiger partial charge in [0.05, 0.1) is 0 Å². The lowest BCUT2D eigenvalue weighted by atomic mass is 10.0. The molecule has 1 aromatic rings. The Morgan fingerprint density at radius 1 is 0.833 bits per heavy atom. The van der Waals surface area contributed by atoms with Crippen LogP contribution in [0, 0.1) is 0 Å². The minimum Gasteiger partial charge on any atom is -0.330 e. The largest absolute Gasteiger partial charge is 0.330 e. The molecule has 0 atom stereocenters. The molecule has 1 aromatic carbocycles. The zero-order chi connectivity index (χ0) is 17.9. The summed E-state index contributed by atoms with van der Waals surface area (Å²) in [5, 5.41) is 2.78. The number of anilines is 1. The van der Waals surface area contributed by atoms with E-state index in [1.165, 1.54) is 13.8 Å². The van der Waals surface area contributed by atoms with E-state index in [0.717, 1.165) is 45.1 Å². The van der Waals surface area contributed by atoms with Gasteiger partial charge in [-0.3, -0.25) is 14.4 Å². The van der Waals surface area contributed by atoms with E-state index in [1.54, 1.807) is 18.2 Å². The Morgan fingerprint density at radius 2 is 1.33 bits per heavy atom. The number of rotatable bonds is 11. The third-order valence-corrected chi connectivity index (χ3v) is 3.89. The molecule has 24 heavy (non-hydrogen) atoms. The smallest absolute Gasteiger partial charge is 0.224 e. The van der Waals surface area contributed by atoms with Crippen molar-refractivity contribution in [1.82, 2.24) is 0 Å². The molecule has 0 aliphatic rings. The van der Waals surface area contributed by atoms with E-state index in [4.69, 9.17) is 5.73 Å². The number of ketones is 2. The summed E-state index contributed by atoms with van der Waals surface area (Å²) in [6.07, 6.45) is 6.77. The fraction of sp³-hybridized carbons (Fsp3) is 0.526. The van der Waals surface area contributed by atoms with Gasteiger partial charge in [0.1, 0.15) is 0 Å². The molecule has 1 rings (SSSR count). The molecule has 132 valence electrons. The standard InChI is InChI=1S/C19H28N2O3/c1-14(22)16-11-17(15(2)23)13-18(12-16)21-19(24)9-7-5-3-4-6-8-10-20/h11-13H,3-10,20H2,1-2H3,(H,21,24). The number of benzene rings is 1. The van der Waals surface area contributed by atoms with Crippen molar-refractivity contribution < 1.29 is 14.4 Å². The van der Waals surface area contributed by atoms with Crippen LogP contribution in [0.3, 0.4) is 0 Å². The number of Topliss-reactive ketones (excluding diaryl/α,β-unsaturated/α-hetero) is 2. The monoisotopic (exact) mass is 332 g/mol. The summed E-state index contributed by atoms with van der Waals surface area (Å²) in [6, 6.07) is 4.78. The van der Waals surface area contributed by atoms with Gasteiger partial charge in [-0.15, -0.1) is 0 Å². The van der Waals surface area contributed by atoms with Crippen molar-refractivity contribution in [3.63, 3.8) is 0 Å². The molecule has 0 radical (unpaired) electrons. The summed E-state index contributed by atoms with van der Waals surface area (Å²) < 4.78 is 0. The van der Waals surface area contributed by atoms with E-state index in [0.29, 0.717) is 23.2 Å². The molecule has 0 aromatic heterocycles. The highest BCUT2D eigenvalue weighted by atomic mass is 16.1. The van der Waals surface area contributed by atoms with Gasteiger partial charge in [0.25, 0.3) is 0 Å². The van der Waals surface area contributed by atoms with E-state index < -0.39 is 0 Å². The molecule has 0 fully saturated rings. The van der Waals surface area contributed by atoms with Crippen LogP contribution >= 0.6 is 0 Å². The minimum atomic E-state index is -0.133. The number of hydrogen-bond acceptors (Lipinski definition) is 4. The summed E-state index contributed by atoms with van der Waals surface area (Å²) in [5.74, 6) is -0.357. The fourth-order valence-electron chi connectivity index (χ4n) is 2.47. The van der Waals surface area contributed by atoms with Crippen LogP contribution in [0.1, 0.15) is 79.5 Å². The van der Waals surface area contributed by atoms with Crippen molar-refractivity contribution in [2.24, 2.45) is 5.73 Å². The second kappa shape index (κ2) is 10.7. The zero-order valence-electron chi connectivity index (χ0n) is 14.7. The summed E-state index contributed by atoms with van der Waals surface area (Å²) in [4.78, 5) is 35.1. The molecule has 5 heteroatoms. The highest BCUT2D eigenvalue weighted by Crippen LogP contribution is 2.17. The molecule has 3 N–H and O–H groups in total. The number of carbonyl (C=O) groups excluding carboxylic acids is 3. The lowest BCUT2D eigenvalue weighted by Crippen LogP contribution is -2.12. The summed E-state index contributed by atoms with van der Waals surface area (Å²) in [5.41, 5.74) is 6.80. The average molecular weight is 332 g/mol. The maximum atomic E-state index is 12.0. The Balaban J connectivity index is 2.48. The lowest BCUT2D eigenvalue weighted by Gasteiger charge is -2.09. The molecule has 0 saturated carbocycles. The third kappa shape index (κ3) is 7.51. The highest BCUT2D eigenvalue weighted by Gasteiger charge is 2.10. The van der Waals surface area contributed by atoms with Gasteiger partial charge < -0.3 is 11.1 Å². The topological polar surface area (TPSA) is 89.3 Å². The average Bonchev–Trinajstić information content (AvgIpc) is 2.53.